The molecule has 3 heteroatoms. The van der Waals surface area contributed by atoms with Gasteiger partial charge in [-0.3, -0.25) is 0 Å². The Morgan fingerprint density at radius 2 is 2.25 bits per heavy atom. The van der Waals surface area contributed by atoms with Gasteiger partial charge >= 0.3 is 0 Å². The predicted octanol–water partition coefficient (Wildman–Crippen LogP) is 1.32. The topological polar surface area (TPSA) is 23.5 Å². The fraction of sp³-hybridized carbons (Fsp3) is 1.00. The first-order valence-corrected chi connectivity index (χ1v) is 5.29. The molecule has 1 aliphatic heterocycles. The van der Waals surface area contributed by atoms with Gasteiger partial charge in [-0.15, -0.1) is 11.6 Å². The number of hydrogen-bond donors (Lipinski definition) is 1. The summed E-state index contributed by atoms with van der Waals surface area (Å²) >= 11 is 5.83. The molecule has 0 aromatic heterocycles. The number of aliphatic hydroxyl groups excluding tert-OH is 1. The van der Waals surface area contributed by atoms with Gasteiger partial charge in [0, 0.05) is 19.0 Å². The van der Waals surface area contributed by atoms with Crippen LogP contribution in [0.4, 0.5) is 0 Å². The third-order valence-electron chi connectivity index (χ3n) is 2.49. The Morgan fingerprint density at radius 1 is 1.42 bits per heavy atom. The minimum atomic E-state index is 0.273. The van der Waals surface area contributed by atoms with E-state index in [0.29, 0.717) is 5.92 Å². The minimum Gasteiger partial charge on any atom is -0.395 e. The first-order valence-electron chi connectivity index (χ1n) is 4.76. The molecule has 0 aliphatic carbocycles. The Hall–Kier alpha value is 0.210. The van der Waals surface area contributed by atoms with Crippen LogP contribution in [0.3, 0.4) is 0 Å². The Balaban J connectivity index is 2.31. The Bertz CT molecular complexity index is 121. The first kappa shape index (κ1) is 10.3. The smallest absolute Gasteiger partial charge is 0.0558 e. The van der Waals surface area contributed by atoms with E-state index in [1.165, 1.54) is 19.3 Å². The van der Waals surface area contributed by atoms with E-state index in [1.54, 1.807) is 0 Å². The van der Waals surface area contributed by atoms with E-state index < -0.39 is 0 Å². The van der Waals surface area contributed by atoms with Gasteiger partial charge in [-0.1, -0.05) is 6.42 Å². The molecule has 0 saturated carbocycles. The maximum absolute atomic E-state index is 8.79. The Kier molecular flexibility index (Phi) is 4.96. The predicted molar refractivity (Wildman–Crippen MR) is 51.6 cm³/mol. The van der Waals surface area contributed by atoms with E-state index in [1.807, 2.05) is 0 Å². The van der Waals surface area contributed by atoms with Crippen molar-refractivity contribution in [2.45, 2.75) is 19.3 Å². The van der Waals surface area contributed by atoms with Crippen molar-refractivity contribution in [2.24, 2.45) is 5.92 Å². The molecule has 0 aromatic carbocycles. The molecule has 72 valence electrons. The lowest BCUT2D eigenvalue weighted by atomic mass is 10.1. The van der Waals surface area contributed by atoms with Crippen LogP contribution in [0, 0.1) is 5.92 Å². The van der Waals surface area contributed by atoms with Crippen LogP contribution in [0.25, 0.3) is 0 Å². The second kappa shape index (κ2) is 5.79. The normalized spacial score (nSPS) is 27.0. The summed E-state index contributed by atoms with van der Waals surface area (Å²) in [7, 11) is 0. The first-order chi connectivity index (χ1) is 5.86. The molecule has 1 rings (SSSR count). The summed E-state index contributed by atoms with van der Waals surface area (Å²) in [6.07, 6.45) is 3.80. The van der Waals surface area contributed by atoms with Gasteiger partial charge in [0.1, 0.15) is 0 Å². The van der Waals surface area contributed by atoms with E-state index >= 15 is 0 Å². The molecule has 1 aliphatic rings. The summed E-state index contributed by atoms with van der Waals surface area (Å²) in [6.45, 7) is 3.29. The third kappa shape index (κ3) is 3.30. The van der Waals surface area contributed by atoms with Crippen LogP contribution in [0.15, 0.2) is 0 Å². The van der Waals surface area contributed by atoms with Crippen molar-refractivity contribution in [3.8, 4) is 0 Å². The molecular weight excluding hydrogens is 174 g/mol. The molecular formula is C9H18ClNO. The number of rotatable bonds is 3. The van der Waals surface area contributed by atoms with E-state index in [2.05, 4.69) is 4.90 Å². The largest absolute Gasteiger partial charge is 0.395 e. The van der Waals surface area contributed by atoms with E-state index in [0.717, 1.165) is 25.5 Å². The number of β-amino-alcohol motifs (C(OH)–C–C–N with tert-alkyl or cyclic N) is 1. The minimum absolute atomic E-state index is 0.273. The van der Waals surface area contributed by atoms with Crippen molar-refractivity contribution in [3.63, 3.8) is 0 Å². The summed E-state index contributed by atoms with van der Waals surface area (Å²) < 4.78 is 0. The highest BCUT2D eigenvalue weighted by atomic mass is 35.5. The molecule has 0 radical (unpaired) electrons. The fourth-order valence-electron chi connectivity index (χ4n) is 1.79. The van der Waals surface area contributed by atoms with Crippen LogP contribution >= 0.6 is 11.6 Å². The number of hydrogen-bond acceptors (Lipinski definition) is 2. The molecule has 0 spiro atoms. The lowest BCUT2D eigenvalue weighted by molar-refractivity contribution is 0.188. The zero-order chi connectivity index (χ0) is 8.81. The summed E-state index contributed by atoms with van der Waals surface area (Å²) in [6, 6.07) is 0. The van der Waals surface area contributed by atoms with E-state index in [4.69, 9.17) is 16.7 Å². The average molecular weight is 192 g/mol. The average Bonchev–Trinajstić information content (AvgIpc) is 2.30. The maximum atomic E-state index is 8.79. The molecule has 1 atom stereocenters. The highest BCUT2D eigenvalue weighted by Crippen LogP contribution is 2.16. The Morgan fingerprint density at radius 3 is 2.92 bits per heavy atom. The standard InChI is InChI=1S/C9H18ClNO/c10-7-9-3-1-2-4-11(8-9)5-6-12/h9,12H,1-8H2. The molecule has 0 aromatic rings. The number of aliphatic hydroxyl groups is 1. The van der Waals surface area contributed by atoms with Gasteiger partial charge < -0.3 is 10.0 Å². The van der Waals surface area contributed by atoms with Crippen molar-refractivity contribution in [1.29, 1.82) is 0 Å². The molecule has 0 bridgehead atoms. The van der Waals surface area contributed by atoms with Crippen LogP contribution in [0.1, 0.15) is 19.3 Å². The summed E-state index contributed by atoms with van der Waals surface area (Å²) in [5.41, 5.74) is 0. The van der Waals surface area contributed by atoms with Crippen LogP contribution in [-0.2, 0) is 0 Å². The van der Waals surface area contributed by atoms with Gasteiger partial charge in [-0.25, -0.2) is 0 Å². The molecule has 1 fully saturated rings. The van der Waals surface area contributed by atoms with E-state index in [9.17, 15) is 0 Å². The number of likely N-dealkylation sites (tertiary alicyclic amines) is 1. The van der Waals surface area contributed by atoms with Crippen LogP contribution in [0.5, 0.6) is 0 Å². The fourth-order valence-corrected chi connectivity index (χ4v) is 2.04. The molecule has 1 heterocycles. The van der Waals surface area contributed by atoms with Crippen LogP contribution < -0.4 is 0 Å². The zero-order valence-electron chi connectivity index (χ0n) is 7.51. The molecule has 12 heavy (non-hydrogen) atoms. The molecule has 1 saturated heterocycles. The lowest BCUT2D eigenvalue weighted by Crippen LogP contribution is -2.31. The van der Waals surface area contributed by atoms with Gasteiger partial charge in [-0.2, -0.15) is 0 Å². The molecule has 1 N–H and O–H groups in total. The summed E-state index contributed by atoms with van der Waals surface area (Å²) in [4.78, 5) is 2.32. The van der Waals surface area contributed by atoms with Crippen molar-refractivity contribution in [2.75, 3.05) is 32.1 Å². The third-order valence-corrected chi connectivity index (χ3v) is 2.92. The van der Waals surface area contributed by atoms with E-state index in [-0.39, 0.29) is 6.61 Å². The number of halogens is 1. The number of nitrogens with zero attached hydrogens (tertiary/aromatic N) is 1. The van der Waals surface area contributed by atoms with Crippen LogP contribution in [0.2, 0.25) is 0 Å². The quantitative estimate of drug-likeness (QED) is 0.681. The van der Waals surface area contributed by atoms with Crippen LogP contribution in [-0.4, -0.2) is 42.1 Å². The lowest BCUT2D eigenvalue weighted by Gasteiger charge is -2.21. The second-order valence-electron chi connectivity index (χ2n) is 3.54. The van der Waals surface area contributed by atoms with Gasteiger partial charge in [0.15, 0.2) is 0 Å². The summed E-state index contributed by atoms with van der Waals surface area (Å²) in [5, 5.41) is 8.79. The van der Waals surface area contributed by atoms with Gasteiger partial charge in [0.05, 0.1) is 6.61 Å². The monoisotopic (exact) mass is 191 g/mol. The Labute approximate surface area is 79.5 Å². The van der Waals surface area contributed by atoms with Crippen molar-refractivity contribution in [1.82, 2.24) is 4.90 Å². The van der Waals surface area contributed by atoms with Gasteiger partial charge in [0.2, 0.25) is 0 Å². The highest BCUT2D eigenvalue weighted by molar-refractivity contribution is 6.18. The number of alkyl halides is 1. The van der Waals surface area contributed by atoms with Gasteiger partial charge in [0.25, 0.3) is 0 Å². The van der Waals surface area contributed by atoms with Gasteiger partial charge in [-0.05, 0) is 25.3 Å². The second-order valence-corrected chi connectivity index (χ2v) is 3.85. The zero-order valence-corrected chi connectivity index (χ0v) is 8.26. The summed E-state index contributed by atoms with van der Waals surface area (Å²) in [5.74, 6) is 1.41. The molecule has 1 unspecified atom stereocenters. The molecule has 0 amide bonds. The van der Waals surface area contributed by atoms with Crippen molar-refractivity contribution in [3.05, 3.63) is 0 Å². The maximum Gasteiger partial charge on any atom is 0.0558 e. The van der Waals surface area contributed by atoms with Crippen molar-refractivity contribution < 1.29 is 5.11 Å². The SMILES string of the molecule is OCCN1CCCCC(CCl)C1. The highest BCUT2D eigenvalue weighted by Gasteiger charge is 2.16. The van der Waals surface area contributed by atoms with Crippen molar-refractivity contribution >= 4 is 11.6 Å². The molecule has 2 nitrogen and oxygen atoms in total.